The molecule has 1 saturated carbocycles. The molecule has 0 saturated heterocycles. The third-order valence-corrected chi connectivity index (χ3v) is 3.13. The van der Waals surface area contributed by atoms with Crippen LogP contribution in [0.15, 0.2) is 0 Å². The van der Waals surface area contributed by atoms with Crippen LogP contribution in [0.2, 0.25) is 0 Å². The van der Waals surface area contributed by atoms with Crippen LogP contribution < -0.4 is 5.32 Å². The Bertz CT molecular complexity index is 252. The Kier molecular flexibility index (Phi) is 5.21. The van der Waals surface area contributed by atoms with E-state index in [1.165, 1.54) is 12.8 Å². The molecule has 0 spiro atoms. The zero-order valence-electron chi connectivity index (χ0n) is 9.52. The van der Waals surface area contributed by atoms with Crippen molar-refractivity contribution in [2.75, 3.05) is 6.54 Å². The quantitative estimate of drug-likeness (QED) is 0.573. The van der Waals surface area contributed by atoms with Crippen LogP contribution in [-0.2, 0) is 4.79 Å². The van der Waals surface area contributed by atoms with Crippen LogP contribution >= 0.6 is 0 Å². The molecule has 100 valence electrons. The van der Waals surface area contributed by atoms with Gasteiger partial charge < -0.3 is 5.32 Å². The molecule has 1 aliphatic carbocycles. The van der Waals surface area contributed by atoms with Crippen molar-refractivity contribution in [3.63, 3.8) is 0 Å². The molecule has 0 bridgehead atoms. The summed E-state index contributed by atoms with van der Waals surface area (Å²) in [7, 11) is 0. The summed E-state index contributed by atoms with van der Waals surface area (Å²) >= 11 is 0. The zero-order valence-corrected chi connectivity index (χ0v) is 9.52. The van der Waals surface area contributed by atoms with Crippen molar-refractivity contribution < 1.29 is 22.4 Å². The maximum atomic E-state index is 12.5. The van der Waals surface area contributed by atoms with Gasteiger partial charge >= 0.3 is 12.3 Å². The monoisotopic (exact) mass is 255 g/mol. The first-order valence-electron chi connectivity index (χ1n) is 5.89. The third kappa shape index (κ3) is 4.16. The van der Waals surface area contributed by atoms with E-state index in [0.717, 1.165) is 19.3 Å². The molecule has 1 fully saturated rings. The van der Waals surface area contributed by atoms with Crippen molar-refractivity contribution in [2.45, 2.75) is 50.9 Å². The molecule has 0 aliphatic heterocycles. The molecule has 17 heavy (non-hydrogen) atoms. The summed E-state index contributed by atoms with van der Waals surface area (Å²) in [6.45, 7) is 0.0393. The van der Waals surface area contributed by atoms with E-state index in [2.05, 4.69) is 0 Å². The zero-order chi connectivity index (χ0) is 12.9. The highest BCUT2D eigenvalue weighted by atomic mass is 19.3. The van der Waals surface area contributed by atoms with Crippen LogP contribution in [0.3, 0.4) is 0 Å². The summed E-state index contributed by atoms with van der Waals surface area (Å²) in [6.07, 6.45) is 2.15. The molecule has 1 N–H and O–H groups in total. The van der Waals surface area contributed by atoms with Gasteiger partial charge in [0, 0.05) is 6.54 Å². The van der Waals surface area contributed by atoms with E-state index in [0.29, 0.717) is 12.3 Å². The standard InChI is InChI=1S/C11H17F4NO/c12-9(13)11(14,15)10(17)16-7-3-6-8-4-1-2-5-8/h8-9H,1-7H2,(H,16,17). The van der Waals surface area contributed by atoms with Crippen molar-refractivity contribution in [2.24, 2.45) is 5.92 Å². The normalized spacial score (nSPS) is 17.7. The van der Waals surface area contributed by atoms with Gasteiger partial charge in [-0.2, -0.15) is 8.78 Å². The van der Waals surface area contributed by atoms with Gasteiger partial charge in [0.15, 0.2) is 0 Å². The van der Waals surface area contributed by atoms with Gasteiger partial charge in [0.2, 0.25) is 0 Å². The van der Waals surface area contributed by atoms with Crippen LogP contribution in [0.4, 0.5) is 17.6 Å². The number of hydrogen-bond acceptors (Lipinski definition) is 1. The first-order valence-corrected chi connectivity index (χ1v) is 5.89. The molecule has 0 aromatic carbocycles. The lowest BCUT2D eigenvalue weighted by atomic mass is 10.0. The van der Waals surface area contributed by atoms with Crippen molar-refractivity contribution in [3.8, 4) is 0 Å². The van der Waals surface area contributed by atoms with Crippen molar-refractivity contribution >= 4 is 5.91 Å². The molecular weight excluding hydrogens is 238 g/mol. The molecule has 0 unspecified atom stereocenters. The van der Waals surface area contributed by atoms with E-state index in [1.807, 2.05) is 5.32 Å². The Morgan fingerprint density at radius 2 is 1.88 bits per heavy atom. The number of carbonyl (C=O) groups is 1. The van der Waals surface area contributed by atoms with Gasteiger partial charge in [-0.05, 0) is 18.8 Å². The lowest BCUT2D eigenvalue weighted by Gasteiger charge is -2.15. The molecular formula is C11H17F4NO. The van der Waals surface area contributed by atoms with Gasteiger partial charge in [-0.3, -0.25) is 4.79 Å². The van der Waals surface area contributed by atoms with Crippen LogP contribution in [0, 0.1) is 5.92 Å². The molecule has 0 aromatic heterocycles. The van der Waals surface area contributed by atoms with Crippen molar-refractivity contribution in [1.82, 2.24) is 5.32 Å². The summed E-state index contributed by atoms with van der Waals surface area (Å²) in [6, 6.07) is 0. The minimum absolute atomic E-state index is 0.0393. The Labute approximate surface area is 97.8 Å². The summed E-state index contributed by atoms with van der Waals surface area (Å²) in [5.41, 5.74) is 0. The van der Waals surface area contributed by atoms with Gasteiger partial charge in [0.1, 0.15) is 0 Å². The molecule has 1 rings (SSSR count). The van der Waals surface area contributed by atoms with E-state index >= 15 is 0 Å². The average Bonchev–Trinajstić information content (AvgIpc) is 2.76. The van der Waals surface area contributed by atoms with Crippen LogP contribution in [-0.4, -0.2) is 24.8 Å². The minimum atomic E-state index is -4.58. The minimum Gasteiger partial charge on any atom is -0.351 e. The topological polar surface area (TPSA) is 29.1 Å². The van der Waals surface area contributed by atoms with Crippen LogP contribution in [0.5, 0.6) is 0 Å². The van der Waals surface area contributed by atoms with Crippen LogP contribution in [0.1, 0.15) is 38.5 Å². The molecule has 6 heteroatoms. The highest BCUT2D eigenvalue weighted by Crippen LogP contribution is 2.28. The van der Waals surface area contributed by atoms with Crippen molar-refractivity contribution in [3.05, 3.63) is 0 Å². The number of rotatable bonds is 6. The molecule has 0 atom stereocenters. The van der Waals surface area contributed by atoms with Crippen LogP contribution in [0.25, 0.3) is 0 Å². The summed E-state index contributed by atoms with van der Waals surface area (Å²) in [5.74, 6) is -5.85. The number of halogens is 4. The van der Waals surface area contributed by atoms with E-state index in [-0.39, 0.29) is 6.54 Å². The smallest absolute Gasteiger partial charge is 0.351 e. The molecule has 0 radical (unpaired) electrons. The lowest BCUT2D eigenvalue weighted by molar-refractivity contribution is -0.169. The first kappa shape index (κ1) is 14.3. The number of alkyl halides is 4. The SMILES string of the molecule is O=C(NCCCC1CCCC1)C(F)(F)C(F)F. The Morgan fingerprint density at radius 3 is 2.41 bits per heavy atom. The number of carbonyl (C=O) groups excluding carboxylic acids is 1. The third-order valence-electron chi connectivity index (χ3n) is 3.13. The highest BCUT2D eigenvalue weighted by Gasteiger charge is 2.48. The largest absolute Gasteiger partial charge is 0.383 e. The predicted octanol–water partition coefficient (Wildman–Crippen LogP) is 2.97. The van der Waals surface area contributed by atoms with Crippen molar-refractivity contribution in [1.29, 1.82) is 0 Å². The van der Waals surface area contributed by atoms with Gasteiger partial charge in [0.05, 0.1) is 0 Å². The van der Waals surface area contributed by atoms with Gasteiger partial charge in [-0.15, -0.1) is 0 Å². The highest BCUT2D eigenvalue weighted by molar-refractivity contribution is 5.83. The second kappa shape index (κ2) is 6.21. The van der Waals surface area contributed by atoms with Gasteiger partial charge in [-0.25, -0.2) is 8.78 Å². The Balaban J connectivity index is 2.15. The molecule has 0 heterocycles. The second-order valence-corrected chi connectivity index (χ2v) is 4.47. The summed E-state index contributed by atoms with van der Waals surface area (Å²) in [4.78, 5) is 10.8. The van der Waals surface area contributed by atoms with Gasteiger partial charge in [0.25, 0.3) is 5.91 Å². The second-order valence-electron chi connectivity index (χ2n) is 4.47. The summed E-state index contributed by atoms with van der Waals surface area (Å²) < 4.78 is 48.6. The fraction of sp³-hybridized carbons (Fsp3) is 0.909. The van der Waals surface area contributed by atoms with E-state index < -0.39 is 18.3 Å². The number of amides is 1. The molecule has 1 aliphatic rings. The van der Waals surface area contributed by atoms with Gasteiger partial charge in [-0.1, -0.05) is 25.7 Å². The first-order chi connectivity index (χ1) is 7.94. The molecule has 2 nitrogen and oxygen atoms in total. The van der Waals surface area contributed by atoms with E-state index in [9.17, 15) is 22.4 Å². The lowest BCUT2D eigenvalue weighted by Crippen LogP contribution is -2.45. The molecule has 0 aromatic rings. The van der Waals surface area contributed by atoms with E-state index in [1.54, 1.807) is 0 Å². The molecule has 1 amide bonds. The fourth-order valence-corrected chi connectivity index (χ4v) is 2.11. The average molecular weight is 255 g/mol. The Hall–Kier alpha value is -0.810. The number of hydrogen-bond donors (Lipinski definition) is 1. The predicted molar refractivity (Wildman–Crippen MR) is 55.2 cm³/mol. The number of nitrogens with one attached hydrogen (secondary N) is 1. The fourth-order valence-electron chi connectivity index (χ4n) is 2.11. The van der Waals surface area contributed by atoms with E-state index in [4.69, 9.17) is 0 Å². The summed E-state index contributed by atoms with van der Waals surface area (Å²) in [5, 5.41) is 1.86. The Morgan fingerprint density at radius 1 is 1.29 bits per heavy atom. The maximum absolute atomic E-state index is 12.5. The maximum Gasteiger partial charge on any atom is 0.383 e.